The molecule has 344 valence electrons. The first kappa shape index (κ1) is 48.8. The molecule has 0 aliphatic carbocycles. The number of nitrogens with zero attached hydrogens (tertiary/aromatic N) is 3. The Morgan fingerprint density at radius 2 is 1.61 bits per heavy atom. The van der Waals surface area contributed by atoms with Gasteiger partial charge in [-0.15, -0.1) is 0 Å². The highest BCUT2D eigenvalue weighted by molar-refractivity contribution is 7.95. The Balaban J connectivity index is 1.50. The molecule has 2 aliphatic rings. The fraction of sp³-hybridized carbons (Fsp3) is 0.432. The molecule has 8 N–H and O–H groups in total. The van der Waals surface area contributed by atoms with E-state index in [0.717, 1.165) is 10.6 Å². The molecule has 0 saturated carbocycles. The summed E-state index contributed by atoms with van der Waals surface area (Å²) in [6.07, 6.45) is -1.99. The number of rotatable bonds is 18. The van der Waals surface area contributed by atoms with Crippen LogP contribution < -0.4 is 27.4 Å². The molecule has 4 atom stereocenters. The van der Waals surface area contributed by atoms with Crippen LogP contribution in [0.5, 0.6) is 0 Å². The standard InChI is InChI=1S/C44H56N8O11S/c1-6-34-37(64(61,62)32-20-10-27(2)11-21-32)35(51-41(57)44(46,22-24-50(34)51)25-28-14-18-31(19-15-28)52(59)60)39(55)49-33(9-7-8-23-47-42(58)63-43(3,4)5)36(53)40(56)48-26-29-12-16-30(17-13-29)38(45)54/h10-21,33-34,36,53H,6-9,22-26,46H2,1-5H3,(H2,45,54)(H,47,58)(H,48,56)(H,49,55)/t33-,34?,36?,44?/m0/s1. The van der Waals surface area contributed by atoms with Crippen molar-refractivity contribution in [3.63, 3.8) is 0 Å². The number of alkyl carbamates (subject to hydrolysis) is 1. The summed E-state index contributed by atoms with van der Waals surface area (Å²) in [7, 11) is -4.51. The number of unbranched alkanes of at least 4 members (excludes halogenated alkanes) is 1. The molecule has 3 aromatic carbocycles. The largest absolute Gasteiger partial charge is 0.444 e. The third-order valence-corrected chi connectivity index (χ3v) is 12.9. The van der Waals surface area contributed by atoms with E-state index >= 15 is 0 Å². The quantitative estimate of drug-likeness (QED) is 0.0609. The van der Waals surface area contributed by atoms with E-state index in [1.807, 2.05) is 0 Å². The van der Waals surface area contributed by atoms with E-state index in [4.69, 9.17) is 16.2 Å². The van der Waals surface area contributed by atoms with E-state index in [1.165, 1.54) is 53.5 Å². The molecule has 64 heavy (non-hydrogen) atoms. The molecule has 2 heterocycles. The number of sulfone groups is 1. The number of benzene rings is 3. The van der Waals surface area contributed by atoms with Crippen LogP contribution in [0.25, 0.3) is 0 Å². The second-order valence-electron chi connectivity index (χ2n) is 17.0. The predicted octanol–water partition coefficient (Wildman–Crippen LogP) is 3.03. The minimum atomic E-state index is -4.51. The summed E-state index contributed by atoms with van der Waals surface area (Å²) in [5.41, 5.74) is 11.1. The SMILES string of the molecule is CCC1C(S(=O)(=O)c2ccc(C)cc2)=C(C(=O)N[C@@H](CCCCNC(=O)OC(C)(C)C)C(O)C(=O)NCc2ccc(C(N)=O)cc2)N2C(=O)C(N)(Cc3ccc([N+](=O)[O-])cc3)CCN12. The molecular formula is C44H56N8O11S. The summed E-state index contributed by atoms with van der Waals surface area (Å²) in [5, 5.41) is 33.3. The first-order valence-corrected chi connectivity index (χ1v) is 22.4. The first-order chi connectivity index (χ1) is 30.1. The van der Waals surface area contributed by atoms with Gasteiger partial charge in [-0.3, -0.25) is 29.3 Å². The summed E-state index contributed by atoms with van der Waals surface area (Å²) in [4.78, 5) is 77.3. The maximum atomic E-state index is 14.9. The summed E-state index contributed by atoms with van der Waals surface area (Å²) in [6, 6.07) is 15.2. The van der Waals surface area contributed by atoms with Gasteiger partial charge in [0.15, 0.2) is 6.10 Å². The van der Waals surface area contributed by atoms with E-state index < -0.39 is 79.5 Å². The van der Waals surface area contributed by atoms with Crippen molar-refractivity contribution in [2.24, 2.45) is 11.5 Å². The predicted molar refractivity (Wildman–Crippen MR) is 234 cm³/mol. The summed E-state index contributed by atoms with van der Waals surface area (Å²) >= 11 is 0. The number of nitro benzene ring substituents is 1. The molecule has 2 aliphatic heterocycles. The number of carbonyl (C=O) groups is 5. The molecule has 19 nitrogen and oxygen atoms in total. The number of aryl methyl sites for hydroxylation is 1. The summed E-state index contributed by atoms with van der Waals surface area (Å²) in [5.74, 6) is -3.42. The number of primary amides is 1. The number of hydrogen-bond donors (Lipinski definition) is 6. The third kappa shape index (κ3) is 11.5. The molecule has 0 bridgehead atoms. The van der Waals surface area contributed by atoms with E-state index in [-0.39, 0.29) is 72.8 Å². The van der Waals surface area contributed by atoms with Gasteiger partial charge in [-0.1, -0.05) is 48.9 Å². The minimum absolute atomic E-state index is 0.0344. The van der Waals surface area contributed by atoms with Gasteiger partial charge in [-0.25, -0.2) is 23.2 Å². The zero-order chi connectivity index (χ0) is 47.1. The highest BCUT2D eigenvalue weighted by Gasteiger charge is 2.56. The number of carbonyl (C=O) groups excluding carboxylic acids is 5. The molecule has 5 rings (SSSR count). The van der Waals surface area contributed by atoms with Crippen LogP contribution in [0.4, 0.5) is 10.5 Å². The van der Waals surface area contributed by atoms with Crippen LogP contribution in [-0.4, -0.2) is 101 Å². The van der Waals surface area contributed by atoms with E-state index in [1.54, 1.807) is 58.9 Å². The maximum absolute atomic E-state index is 14.9. The smallest absolute Gasteiger partial charge is 0.407 e. The minimum Gasteiger partial charge on any atom is -0.444 e. The fourth-order valence-electron chi connectivity index (χ4n) is 7.59. The molecule has 1 saturated heterocycles. The molecule has 1 fully saturated rings. The molecule has 3 unspecified atom stereocenters. The van der Waals surface area contributed by atoms with Crippen molar-refractivity contribution >= 4 is 45.2 Å². The van der Waals surface area contributed by atoms with Crippen molar-refractivity contribution in [1.29, 1.82) is 0 Å². The Morgan fingerprint density at radius 3 is 2.19 bits per heavy atom. The lowest BCUT2D eigenvalue weighted by Crippen LogP contribution is -2.66. The Hall–Kier alpha value is -6.22. The number of non-ortho nitro benzene ring substituents is 1. The number of aliphatic hydroxyl groups excluding tert-OH is 1. The van der Waals surface area contributed by atoms with Crippen LogP contribution in [0.15, 0.2) is 88.3 Å². The van der Waals surface area contributed by atoms with Gasteiger partial charge in [0.25, 0.3) is 23.4 Å². The Bertz CT molecular complexity index is 2380. The lowest BCUT2D eigenvalue weighted by atomic mass is 9.85. The number of nitrogens with two attached hydrogens (primary N) is 2. The van der Waals surface area contributed by atoms with E-state index in [0.29, 0.717) is 17.5 Å². The lowest BCUT2D eigenvalue weighted by molar-refractivity contribution is -0.384. The fourth-order valence-corrected chi connectivity index (χ4v) is 9.42. The first-order valence-electron chi connectivity index (χ1n) is 20.9. The number of fused-ring (bicyclic) bond motifs is 1. The van der Waals surface area contributed by atoms with Gasteiger partial charge in [0.2, 0.25) is 15.7 Å². The second kappa shape index (κ2) is 20.1. The van der Waals surface area contributed by atoms with E-state index in [9.17, 15) is 47.6 Å². The molecule has 0 radical (unpaired) electrons. The van der Waals surface area contributed by atoms with Crippen molar-refractivity contribution in [3.8, 4) is 0 Å². The van der Waals surface area contributed by atoms with Crippen molar-refractivity contribution < 1.29 is 47.2 Å². The third-order valence-electron chi connectivity index (χ3n) is 10.9. The number of amides is 5. The zero-order valence-corrected chi connectivity index (χ0v) is 37.3. The number of ether oxygens (including phenoxy) is 1. The lowest BCUT2D eigenvalue weighted by Gasteiger charge is -2.45. The van der Waals surface area contributed by atoms with Gasteiger partial charge in [-0.05, 0) is 102 Å². The van der Waals surface area contributed by atoms with Crippen LogP contribution in [0, 0.1) is 17.0 Å². The maximum Gasteiger partial charge on any atom is 0.407 e. The number of nitro groups is 1. The van der Waals surface area contributed by atoms with Gasteiger partial charge in [-0.2, -0.15) is 0 Å². The second-order valence-corrected chi connectivity index (χ2v) is 18.9. The molecular weight excluding hydrogens is 849 g/mol. The van der Waals surface area contributed by atoms with Gasteiger partial charge in [0.05, 0.1) is 26.8 Å². The summed E-state index contributed by atoms with van der Waals surface area (Å²) in [6.45, 7) is 8.74. The van der Waals surface area contributed by atoms with Crippen molar-refractivity contribution in [1.82, 2.24) is 26.0 Å². The highest BCUT2D eigenvalue weighted by atomic mass is 32.2. The molecule has 0 aromatic heterocycles. The van der Waals surface area contributed by atoms with Gasteiger partial charge >= 0.3 is 6.09 Å². The normalized spacial score (nSPS) is 18.8. The molecule has 3 aromatic rings. The van der Waals surface area contributed by atoms with Crippen molar-refractivity contribution in [3.05, 3.63) is 116 Å². The van der Waals surface area contributed by atoms with Crippen LogP contribution in [0.1, 0.15) is 86.8 Å². The monoisotopic (exact) mass is 904 g/mol. The number of hydrogen-bond acceptors (Lipinski definition) is 13. The number of nitrogens with one attached hydrogen (secondary N) is 3. The average Bonchev–Trinajstić information content (AvgIpc) is 3.59. The van der Waals surface area contributed by atoms with Gasteiger partial charge in [0.1, 0.15) is 16.8 Å². The highest BCUT2D eigenvalue weighted by Crippen LogP contribution is 2.42. The van der Waals surface area contributed by atoms with Crippen molar-refractivity contribution in [2.75, 3.05) is 13.1 Å². The van der Waals surface area contributed by atoms with E-state index in [2.05, 4.69) is 16.0 Å². The Labute approximate surface area is 371 Å². The van der Waals surface area contributed by atoms with Crippen LogP contribution in [0.3, 0.4) is 0 Å². The number of aliphatic hydroxyl groups is 1. The Kier molecular flexibility index (Phi) is 15.3. The topological polar surface area (TPSA) is 287 Å². The van der Waals surface area contributed by atoms with Crippen LogP contribution >= 0.6 is 0 Å². The van der Waals surface area contributed by atoms with Gasteiger partial charge < -0.3 is 37.3 Å². The van der Waals surface area contributed by atoms with Crippen LogP contribution in [0.2, 0.25) is 0 Å². The number of hydrazine groups is 1. The molecule has 5 amide bonds. The van der Waals surface area contributed by atoms with Gasteiger partial charge in [0, 0.05) is 37.3 Å². The van der Waals surface area contributed by atoms with Crippen molar-refractivity contribution in [2.45, 2.75) is 114 Å². The molecule has 20 heteroatoms. The average molecular weight is 905 g/mol. The Morgan fingerprint density at radius 1 is 0.984 bits per heavy atom. The zero-order valence-electron chi connectivity index (χ0n) is 36.5. The summed E-state index contributed by atoms with van der Waals surface area (Å²) < 4.78 is 34.8. The van der Waals surface area contributed by atoms with Crippen LogP contribution in [-0.2, 0) is 41.9 Å². The molecule has 0 spiro atoms.